The zero-order valence-corrected chi connectivity index (χ0v) is 9.57. The number of carboxylic acids is 1. The number of likely N-dealkylation sites (tertiary alicyclic amines) is 1. The van der Waals surface area contributed by atoms with Crippen molar-refractivity contribution >= 4 is 11.9 Å². The Morgan fingerprint density at radius 3 is 2.56 bits per heavy atom. The van der Waals surface area contributed by atoms with Crippen LogP contribution in [0.25, 0.3) is 0 Å². The Labute approximate surface area is 102 Å². The van der Waals surface area contributed by atoms with Crippen LogP contribution in [0.4, 0.5) is 13.2 Å². The van der Waals surface area contributed by atoms with Crippen molar-refractivity contribution in [3.05, 3.63) is 0 Å². The number of piperidine rings is 1. The third-order valence-corrected chi connectivity index (χ3v) is 2.60. The first-order valence-corrected chi connectivity index (χ1v) is 5.48. The number of alkyl halides is 3. The van der Waals surface area contributed by atoms with Gasteiger partial charge < -0.3 is 14.7 Å². The monoisotopic (exact) mass is 269 g/mol. The summed E-state index contributed by atoms with van der Waals surface area (Å²) in [5.41, 5.74) is 0. The van der Waals surface area contributed by atoms with E-state index in [0.717, 1.165) is 4.90 Å². The van der Waals surface area contributed by atoms with Crippen LogP contribution in [-0.4, -0.2) is 53.9 Å². The van der Waals surface area contributed by atoms with Crippen LogP contribution in [0.2, 0.25) is 0 Å². The molecule has 0 unspecified atom stereocenters. The van der Waals surface area contributed by atoms with E-state index in [1.807, 2.05) is 0 Å². The van der Waals surface area contributed by atoms with Gasteiger partial charge in [-0.25, -0.2) is 4.79 Å². The first kappa shape index (κ1) is 14.7. The number of aliphatic carboxylic acids is 1. The predicted octanol–water partition coefficient (Wildman–Crippen LogP) is 1.03. The van der Waals surface area contributed by atoms with Crippen LogP contribution in [0.3, 0.4) is 0 Å². The van der Waals surface area contributed by atoms with Gasteiger partial charge in [0.15, 0.2) is 0 Å². The van der Waals surface area contributed by atoms with Gasteiger partial charge in [-0.1, -0.05) is 0 Å². The summed E-state index contributed by atoms with van der Waals surface area (Å²) in [4.78, 5) is 23.5. The topological polar surface area (TPSA) is 66.8 Å². The number of rotatable bonds is 4. The number of carbonyl (C=O) groups is 2. The fourth-order valence-electron chi connectivity index (χ4n) is 1.82. The van der Waals surface area contributed by atoms with E-state index in [1.165, 1.54) is 0 Å². The Bertz CT molecular complexity index is 319. The molecular weight excluding hydrogens is 255 g/mol. The zero-order valence-electron chi connectivity index (χ0n) is 9.57. The summed E-state index contributed by atoms with van der Waals surface area (Å²) in [5, 5.41) is 8.90. The van der Waals surface area contributed by atoms with Crippen molar-refractivity contribution in [1.29, 1.82) is 0 Å². The van der Waals surface area contributed by atoms with Crippen LogP contribution in [0, 0.1) is 0 Å². The number of hydrogen-bond donors (Lipinski definition) is 1. The number of halogens is 3. The van der Waals surface area contributed by atoms with E-state index in [1.54, 1.807) is 0 Å². The lowest BCUT2D eigenvalue weighted by Gasteiger charge is -2.32. The lowest BCUT2D eigenvalue weighted by Crippen LogP contribution is -2.49. The first-order valence-electron chi connectivity index (χ1n) is 5.48. The van der Waals surface area contributed by atoms with E-state index in [2.05, 4.69) is 4.74 Å². The van der Waals surface area contributed by atoms with Crippen LogP contribution in [0.5, 0.6) is 0 Å². The summed E-state index contributed by atoms with van der Waals surface area (Å²) >= 11 is 0. The Kier molecular flexibility index (Phi) is 4.94. The Morgan fingerprint density at radius 2 is 2.00 bits per heavy atom. The normalized spacial score (nSPS) is 20.8. The van der Waals surface area contributed by atoms with Crippen molar-refractivity contribution in [3.63, 3.8) is 0 Å². The molecule has 5 nitrogen and oxygen atoms in total. The molecule has 1 aliphatic heterocycles. The Morgan fingerprint density at radius 1 is 1.33 bits per heavy atom. The Hall–Kier alpha value is -1.31. The number of carboxylic acid groups (broad SMARTS) is 1. The van der Waals surface area contributed by atoms with Gasteiger partial charge in [-0.2, -0.15) is 13.2 Å². The Balaban J connectivity index is 2.46. The van der Waals surface area contributed by atoms with E-state index in [0.29, 0.717) is 19.3 Å². The van der Waals surface area contributed by atoms with E-state index in [-0.39, 0.29) is 6.54 Å². The molecule has 0 aliphatic carbocycles. The third kappa shape index (κ3) is 4.52. The lowest BCUT2D eigenvalue weighted by atomic mass is 10.0. The van der Waals surface area contributed by atoms with Crippen molar-refractivity contribution in [2.24, 2.45) is 0 Å². The smallest absolute Gasteiger partial charge is 0.411 e. The summed E-state index contributed by atoms with van der Waals surface area (Å²) in [6, 6.07) is -0.958. The highest BCUT2D eigenvalue weighted by Gasteiger charge is 2.33. The summed E-state index contributed by atoms with van der Waals surface area (Å²) in [6.45, 7) is -2.02. The molecule has 0 saturated carbocycles. The molecule has 0 spiro atoms. The van der Waals surface area contributed by atoms with Gasteiger partial charge in [0.25, 0.3) is 0 Å². The highest BCUT2D eigenvalue weighted by Crippen LogP contribution is 2.18. The fourth-order valence-corrected chi connectivity index (χ4v) is 1.82. The van der Waals surface area contributed by atoms with Gasteiger partial charge in [0.1, 0.15) is 19.3 Å². The van der Waals surface area contributed by atoms with Gasteiger partial charge in [0, 0.05) is 6.54 Å². The summed E-state index contributed by atoms with van der Waals surface area (Å²) in [5.74, 6) is -1.86. The zero-order chi connectivity index (χ0) is 13.8. The van der Waals surface area contributed by atoms with Crippen molar-refractivity contribution in [3.8, 4) is 0 Å². The van der Waals surface area contributed by atoms with Gasteiger partial charge in [-0.05, 0) is 19.3 Å². The van der Waals surface area contributed by atoms with Gasteiger partial charge in [-0.3, -0.25) is 4.79 Å². The highest BCUT2D eigenvalue weighted by molar-refractivity contribution is 5.84. The third-order valence-electron chi connectivity index (χ3n) is 2.60. The molecule has 0 aromatic rings. The average Bonchev–Trinajstić information content (AvgIpc) is 2.27. The van der Waals surface area contributed by atoms with E-state index in [9.17, 15) is 22.8 Å². The fraction of sp³-hybridized carbons (Fsp3) is 0.800. The molecule has 8 heteroatoms. The largest absolute Gasteiger partial charge is 0.480 e. The van der Waals surface area contributed by atoms with Gasteiger partial charge in [0.2, 0.25) is 5.91 Å². The molecule has 18 heavy (non-hydrogen) atoms. The summed E-state index contributed by atoms with van der Waals surface area (Å²) < 4.78 is 39.7. The van der Waals surface area contributed by atoms with Crippen LogP contribution in [0.15, 0.2) is 0 Å². The second kappa shape index (κ2) is 6.03. The summed E-state index contributed by atoms with van der Waals surface area (Å²) in [6.07, 6.45) is -2.84. The molecule has 1 aliphatic rings. The van der Waals surface area contributed by atoms with Crippen molar-refractivity contribution < 1.29 is 32.6 Å². The first-order chi connectivity index (χ1) is 8.31. The van der Waals surface area contributed by atoms with Gasteiger partial charge in [0.05, 0.1) is 0 Å². The molecule has 1 N–H and O–H groups in total. The molecule has 1 amide bonds. The lowest BCUT2D eigenvalue weighted by molar-refractivity contribution is -0.179. The molecule has 0 aromatic carbocycles. The number of amides is 1. The number of ether oxygens (including phenoxy) is 1. The van der Waals surface area contributed by atoms with Crippen molar-refractivity contribution in [1.82, 2.24) is 4.90 Å². The maximum Gasteiger partial charge on any atom is 0.411 e. The molecule has 104 valence electrons. The molecular formula is C10H14F3NO4. The van der Waals surface area contributed by atoms with Crippen molar-refractivity contribution in [2.45, 2.75) is 31.5 Å². The van der Waals surface area contributed by atoms with E-state index < -0.39 is 37.3 Å². The van der Waals surface area contributed by atoms with Crippen LogP contribution >= 0.6 is 0 Å². The number of hydrogen-bond acceptors (Lipinski definition) is 3. The predicted molar refractivity (Wildman–Crippen MR) is 53.9 cm³/mol. The minimum absolute atomic E-state index is 0.241. The van der Waals surface area contributed by atoms with E-state index >= 15 is 0 Å². The standard InChI is InChI=1S/C10H14F3NO4/c11-10(12,13)6-18-5-8(15)14-4-2-1-3-7(14)9(16)17/h7H,1-6H2,(H,16,17)/t7-/m0/s1. The maximum absolute atomic E-state index is 11.8. The molecule has 0 radical (unpaired) electrons. The number of nitrogens with zero attached hydrogens (tertiary/aromatic N) is 1. The molecule has 1 fully saturated rings. The second-order valence-electron chi connectivity index (χ2n) is 4.04. The van der Waals surface area contributed by atoms with Crippen LogP contribution in [-0.2, 0) is 14.3 Å². The van der Waals surface area contributed by atoms with Gasteiger partial charge in [-0.15, -0.1) is 0 Å². The average molecular weight is 269 g/mol. The van der Waals surface area contributed by atoms with Gasteiger partial charge >= 0.3 is 12.1 Å². The van der Waals surface area contributed by atoms with E-state index in [4.69, 9.17) is 5.11 Å². The molecule has 1 atom stereocenters. The molecule has 1 saturated heterocycles. The number of carbonyl (C=O) groups excluding carboxylic acids is 1. The molecule has 0 aromatic heterocycles. The molecule has 0 bridgehead atoms. The van der Waals surface area contributed by atoms with Crippen LogP contribution in [0.1, 0.15) is 19.3 Å². The SMILES string of the molecule is O=C(O)[C@@H]1CCCCN1C(=O)COCC(F)(F)F. The summed E-state index contributed by atoms with van der Waals surface area (Å²) in [7, 11) is 0. The highest BCUT2D eigenvalue weighted by atomic mass is 19.4. The minimum Gasteiger partial charge on any atom is -0.480 e. The molecule has 1 heterocycles. The second-order valence-corrected chi connectivity index (χ2v) is 4.04. The van der Waals surface area contributed by atoms with Crippen LogP contribution < -0.4 is 0 Å². The minimum atomic E-state index is -4.49. The molecule has 1 rings (SSSR count). The quantitative estimate of drug-likeness (QED) is 0.827. The maximum atomic E-state index is 11.8. The van der Waals surface area contributed by atoms with Crippen molar-refractivity contribution in [2.75, 3.05) is 19.8 Å².